The van der Waals surface area contributed by atoms with Gasteiger partial charge in [-0.15, -0.1) is 12.4 Å². The number of rotatable bonds is 6. The van der Waals surface area contributed by atoms with E-state index in [-0.39, 0.29) is 12.4 Å². The molecular weight excluding hydrogens is 262 g/mol. The van der Waals surface area contributed by atoms with Crippen LogP contribution < -0.4 is 15.2 Å². The van der Waals surface area contributed by atoms with E-state index in [4.69, 9.17) is 15.2 Å². The van der Waals surface area contributed by atoms with Crippen molar-refractivity contribution in [1.29, 1.82) is 0 Å². The van der Waals surface area contributed by atoms with Crippen LogP contribution in [0.4, 0.5) is 0 Å². The van der Waals surface area contributed by atoms with Crippen molar-refractivity contribution in [2.24, 2.45) is 5.73 Å². The van der Waals surface area contributed by atoms with E-state index in [9.17, 15) is 0 Å². The molecule has 2 aromatic rings. The SMILES string of the molecule is Cl.NCCOc1ccccc1OCc1ccccc1. The highest BCUT2D eigenvalue weighted by Crippen LogP contribution is 2.27. The minimum absolute atomic E-state index is 0. The Morgan fingerprint density at radius 3 is 2.00 bits per heavy atom. The molecule has 2 rings (SSSR count). The molecule has 0 atom stereocenters. The molecule has 0 unspecified atom stereocenters. The second kappa shape index (κ2) is 8.40. The molecule has 0 radical (unpaired) electrons. The first-order valence-corrected chi connectivity index (χ1v) is 5.99. The molecule has 4 heteroatoms. The number of hydrogen-bond donors (Lipinski definition) is 1. The molecule has 2 N–H and O–H groups in total. The Morgan fingerprint density at radius 1 is 0.789 bits per heavy atom. The van der Waals surface area contributed by atoms with Gasteiger partial charge in [0, 0.05) is 6.54 Å². The van der Waals surface area contributed by atoms with E-state index < -0.39 is 0 Å². The molecule has 0 saturated carbocycles. The fourth-order valence-electron chi connectivity index (χ4n) is 1.59. The smallest absolute Gasteiger partial charge is 0.161 e. The van der Waals surface area contributed by atoms with E-state index in [2.05, 4.69) is 0 Å². The van der Waals surface area contributed by atoms with Crippen LogP contribution in [0, 0.1) is 0 Å². The van der Waals surface area contributed by atoms with Crippen molar-refractivity contribution in [1.82, 2.24) is 0 Å². The fraction of sp³-hybridized carbons (Fsp3) is 0.200. The molecule has 0 amide bonds. The van der Waals surface area contributed by atoms with Crippen LogP contribution in [-0.4, -0.2) is 13.2 Å². The molecule has 2 aromatic carbocycles. The van der Waals surface area contributed by atoms with Gasteiger partial charge in [-0.3, -0.25) is 0 Å². The Hall–Kier alpha value is -1.71. The van der Waals surface area contributed by atoms with E-state index in [0.717, 1.165) is 17.1 Å². The Labute approximate surface area is 119 Å². The average molecular weight is 280 g/mol. The highest BCUT2D eigenvalue weighted by atomic mass is 35.5. The molecule has 3 nitrogen and oxygen atoms in total. The molecular formula is C15H18ClNO2. The molecule has 0 saturated heterocycles. The summed E-state index contributed by atoms with van der Waals surface area (Å²) in [6, 6.07) is 17.7. The lowest BCUT2D eigenvalue weighted by molar-refractivity contribution is 0.266. The predicted octanol–water partition coefficient (Wildman–Crippen LogP) is 3.02. The van der Waals surface area contributed by atoms with Gasteiger partial charge in [0.15, 0.2) is 11.5 Å². The first-order chi connectivity index (χ1) is 8.90. The summed E-state index contributed by atoms with van der Waals surface area (Å²) in [5, 5.41) is 0. The summed E-state index contributed by atoms with van der Waals surface area (Å²) in [7, 11) is 0. The van der Waals surface area contributed by atoms with Crippen molar-refractivity contribution < 1.29 is 9.47 Å². The van der Waals surface area contributed by atoms with Crippen molar-refractivity contribution in [3.05, 3.63) is 60.2 Å². The molecule has 0 fully saturated rings. The summed E-state index contributed by atoms with van der Waals surface area (Å²) in [4.78, 5) is 0. The second-order valence-electron chi connectivity index (χ2n) is 3.86. The number of nitrogens with two attached hydrogens (primary N) is 1. The summed E-state index contributed by atoms with van der Waals surface area (Å²) in [6.45, 7) is 1.52. The average Bonchev–Trinajstić information content (AvgIpc) is 2.45. The predicted molar refractivity (Wildman–Crippen MR) is 79.0 cm³/mol. The monoisotopic (exact) mass is 279 g/mol. The van der Waals surface area contributed by atoms with Gasteiger partial charge in [0.2, 0.25) is 0 Å². The maximum Gasteiger partial charge on any atom is 0.161 e. The normalized spacial score (nSPS) is 9.53. The molecule has 0 spiro atoms. The van der Waals surface area contributed by atoms with Crippen LogP contribution in [0.5, 0.6) is 11.5 Å². The maximum atomic E-state index is 5.75. The molecule has 102 valence electrons. The van der Waals surface area contributed by atoms with Crippen molar-refractivity contribution in [3.63, 3.8) is 0 Å². The summed E-state index contributed by atoms with van der Waals surface area (Å²) < 4.78 is 11.3. The lowest BCUT2D eigenvalue weighted by Gasteiger charge is -2.12. The number of benzene rings is 2. The van der Waals surface area contributed by atoms with Crippen molar-refractivity contribution >= 4 is 12.4 Å². The van der Waals surface area contributed by atoms with Gasteiger partial charge in [-0.05, 0) is 17.7 Å². The summed E-state index contributed by atoms with van der Waals surface area (Å²) >= 11 is 0. The molecule has 0 aliphatic heterocycles. The Morgan fingerprint density at radius 2 is 1.37 bits per heavy atom. The van der Waals surface area contributed by atoms with Gasteiger partial charge in [0.1, 0.15) is 13.2 Å². The molecule has 0 aliphatic carbocycles. The van der Waals surface area contributed by atoms with Crippen LogP contribution in [0.1, 0.15) is 5.56 Å². The van der Waals surface area contributed by atoms with Crippen LogP contribution in [-0.2, 0) is 6.61 Å². The second-order valence-corrected chi connectivity index (χ2v) is 3.86. The van der Waals surface area contributed by atoms with Crippen LogP contribution in [0.3, 0.4) is 0 Å². The lowest BCUT2D eigenvalue weighted by atomic mass is 10.2. The van der Waals surface area contributed by atoms with Gasteiger partial charge in [0.25, 0.3) is 0 Å². The van der Waals surface area contributed by atoms with Gasteiger partial charge in [0.05, 0.1) is 0 Å². The van der Waals surface area contributed by atoms with Crippen LogP contribution in [0.15, 0.2) is 54.6 Å². The zero-order valence-corrected chi connectivity index (χ0v) is 11.4. The highest BCUT2D eigenvalue weighted by Gasteiger charge is 2.03. The third-order valence-corrected chi connectivity index (χ3v) is 2.46. The zero-order valence-electron chi connectivity index (χ0n) is 10.6. The summed E-state index contributed by atoms with van der Waals surface area (Å²) in [6.07, 6.45) is 0. The Balaban J connectivity index is 0.00000180. The zero-order chi connectivity index (χ0) is 12.6. The van der Waals surface area contributed by atoms with Gasteiger partial charge in [-0.2, -0.15) is 0 Å². The molecule has 19 heavy (non-hydrogen) atoms. The fourth-order valence-corrected chi connectivity index (χ4v) is 1.59. The van der Waals surface area contributed by atoms with Crippen LogP contribution in [0.2, 0.25) is 0 Å². The number of hydrogen-bond acceptors (Lipinski definition) is 3. The van der Waals surface area contributed by atoms with Crippen LogP contribution >= 0.6 is 12.4 Å². The first-order valence-electron chi connectivity index (χ1n) is 5.99. The quantitative estimate of drug-likeness (QED) is 0.884. The minimum atomic E-state index is 0. The molecule has 0 bridgehead atoms. The number of ether oxygens (including phenoxy) is 2. The van der Waals surface area contributed by atoms with Gasteiger partial charge >= 0.3 is 0 Å². The largest absolute Gasteiger partial charge is 0.488 e. The Kier molecular flexibility index (Phi) is 6.79. The number of halogens is 1. The third kappa shape index (κ3) is 4.81. The highest BCUT2D eigenvalue weighted by molar-refractivity contribution is 5.85. The number of para-hydroxylation sites is 2. The van der Waals surface area contributed by atoms with Crippen molar-refractivity contribution in [2.75, 3.05) is 13.2 Å². The van der Waals surface area contributed by atoms with Gasteiger partial charge < -0.3 is 15.2 Å². The Bertz CT molecular complexity index is 477. The van der Waals surface area contributed by atoms with Gasteiger partial charge in [-0.1, -0.05) is 42.5 Å². The topological polar surface area (TPSA) is 44.5 Å². The maximum absolute atomic E-state index is 5.75. The van der Waals surface area contributed by atoms with Crippen molar-refractivity contribution in [2.45, 2.75) is 6.61 Å². The standard InChI is InChI=1S/C15H17NO2.ClH/c16-10-11-17-14-8-4-5-9-15(14)18-12-13-6-2-1-3-7-13;/h1-9H,10-12,16H2;1H. The van der Waals surface area contributed by atoms with E-state index in [1.54, 1.807) is 0 Å². The molecule has 0 heterocycles. The van der Waals surface area contributed by atoms with E-state index in [1.807, 2.05) is 54.6 Å². The molecule has 0 aromatic heterocycles. The lowest BCUT2D eigenvalue weighted by Crippen LogP contribution is -2.11. The summed E-state index contributed by atoms with van der Waals surface area (Å²) in [5.74, 6) is 1.48. The van der Waals surface area contributed by atoms with Crippen LogP contribution in [0.25, 0.3) is 0 Å². The van der Waals surface area contributed by atoms with E-state index in [0.29, 0.717) is 19.8 Å². The summed E-state index contributed by atoms with van der Waals surface area (Å²) in [5.41, 5.74) is 6.56. The van der Waals surface area contributed by atoms with Crippen molar-refractivity contribution in [3.8, 4) is 11.5 Å². The van der Waals surface area contributed by atoms with E-state index >= 15 is 0 Å². The van der Waals surface area contributed by atoms with Gasteiger partial charge in [-0.25, -0.2) is 0 Å². The minimum Gasteiger partial charge on any atom is -0.488 e. The molecule has 0 aliphatic rings. The first kappa shape index (κ1) is 15.3. The van der Waals surface area contributed by atoms with E-state index in [1.165, 1.54) is 0 Å². The third-order valence-electron chi connectivity index (χ3n) is 2.46.